The van der Waals surface area contributed by atoms with Gasteiger partial charge in [-0.1, -0.05) is 0 Å². The minimum Gasteiger partial charge on any atom is -0.352 e. The molecule has 0 bridgehead atoms. The van der Waals surface area contributed by atoms with E-state index in [0.717, 1.165) is 12.2 Å². The maximum Gasteiger partial charge on any atom is 0.320 e. The van der Waals surface area contributed by atoms with E-state index in [0.29, 0.717) is 0 Å². The summed E-state index contributed by atoms with van der Waals surface area (Å²) in [6.07, 6.45) is 1.50. The van der Waals surface area contributed by atoms with E-state index in [1.807, 2.05) is 0 Å². The largest absolute Gasteiger partial charge is 0.352 e. The first-order chi connectivity index (χ1) is 9.42. The van der Waals surface area contributed by atoms with Crippen molar-refractivity contribution in [1.82, 2.24) is 11.5 Å². The third-order valence-electron chi connectivity index (χ3n) is 0.246. The van der Waals surface area contributed by atoms with Crippen molar-refractivity contribution in [2.45, 2.75) is 0 Å². The van der Waals surface area contributed by atoms with E-state index in [1.54, 1.807) is 5.32 Å². The number of hydrogen-bond donors (Lipinski definition) is 10. The maximum absolute atomic E-state index is 9.62. The Labute approximate surface area is 123 Å². The molecular formula is C6H18N10O6. The number of hydrogen-bond acceptors (Lipinski definition) is 9. The van der Waals surface area contributed by atoms with Gasteiger partial charge in [-0.05, 0) is 0 Å². The molecule has 0 aliphatic heterocycles. The predicted octanol–water partition coefficient (Wildman–Crippen LogP) is -3.26. The quantitative estimate of drug-likeness (QED) is 0.159. The third kappa shape index (κ3) is 4559999999999999797939913485189120. The Morgan fingerprint density at radius 1 is 0.682 bits per heavy atom. The van der Waals surface area contributed by atoms with Crippen LogP contribution in [0.2, 0.25) is 0 Å². The van der Waals surface area contributed by atoms with Crippen molar-refractivity contribution in [1.29, 1.82) is 10.8 Å². The van der Waals surface area contributed by atoms with Gasteiger partial charge in [-0.2, -0.15) is 0 Å². The van der Waals surface area contributed by atoms with Crippen molar-refractivity contribution in [3.05, 3.63) is 0 Å². The molecule has 0 aromatic rings. The number of carbonyl (C=O) groups excluding carboxylic acids is 6. The zero-order valence-corrected chi connectivity index (χ0v) is 11.1. The molecule has 0 aromatic carbocycles. The van der Waals surface area contributed by atoms with Gasteiger partial charge in [-0.25, -0.2) is 39.6 Å². The monoisotopic (exact) mass is 326 g/mol. The average Bonchev–Trinajstić information content (AvgIpc) is 2.14. The topological polar surface area (TPSA) is 353 Å². The molecule has 128 valence electrons. The highest BCUT2D eigenvalue weighted by Crippen LogP contribution is 1.51. The van der Waals surface area contributed by atoms with Crippen molar-refractivity contribution in [3.63, 3.8) is 0 Å². The fourth-order valence-electron chi connectivity index (χ4n) is 0.121. The number of nitrogens with one attached hydrogen (secondary N) is 3. The molecular weight excluding hydrogens is 308 g/mol. The minimum absolute atomic E-state index is 0. The highest BCUT2D eigenvalue weighted by atomic mass is 16.2. The van der Waals surface area contributed by atoms with E-state index in [-0.39, 0.29) is 6.15 Å². The molecule has 0 saturated carbocycles. The number of nitrogens with two attached hydrogens (primary N) is 6. The van der Waals surface area contributed by atoms with Crippen LogP contribution < -0.4 is 45.9 Å². The molecule has 0 heterocycles. The van der Waals surface area contributed by atoms with E-state index in [1.165, 1.54) is 0 Å². The van der Waals surface area contributed by atoms with E-state index >= 15 is 0 Å². The summed E-state index contributed by atoms with van der Waals surface area (Å²) in [5.41, 5.74) is 25.9. The Kier molecular flexibility index (Phi) is 59.1. The number of isocyanates is 2. The highest BCUT2D eigenvalue weighted by molar-refractivity contribution is 5.91. The molecule has 0 radical (unpaired) electrons. The molecule has 0 spiro atoms. The zero-order valence-electron chi connectivity index (χ0n) is 11.1. The van der Waals surface area contributed by atoms with Gasteiger partial charge in [0.15, 0.2) is 0 Å². The van der Waals surface area contributed by atoms with Gasteiger partial charge in [0.2, 0.25) is 12.2 Å². The number of imide groups is 1. The highest BCUT2D eigenvalue weighted by Gasteiger charge is 1.92. The van der Waals surface area contributed by atoms with Gasteiger partial charge in [-0.15, -0.1) is 0 Å². The molecule has 8 amide bonds. The van der Waals surface area contributed by atoms with Gasteiger partial charge >= 0.3 is 24.1 Å². The van der Waals surface area contributed by atoms with Gasteiger partial charge in [0, 0.05) is 0 Å². The number of carbonyl (C=O) groups is 4. The summed E-state index contributed by atoms with van der Waals surface area (Å²) < 4.78 is 0. The predicted molar refractivity (Wildman–Crippen MR) is 71.7 cm³/mol. The molecule has 16 heteroatoms. The van der Waals surface area contributed by atoms with Crippen molar-refractivity contribution >= 4 is 36.3 Å². The van der Waals surface area contributed by atoms with Gasteiger partial charge in [0.05, 0.1) is 0 Å². The van der Waals surface area contributed by atoms with Crippen LogP contribution in [0.5, 0.6) is 0 Å². The Morgan fingerprint density at radius 3 is 0.773 bits per heavy atom. The molecule has 0 unspecified atom stereocenters. The van der Waals surface area contributed by atoms with Crippen molar-refractivity contribution in [2.24, 2.45) is 34.4 Å². The SMILES string of the molecule is N.N=C=O.N=C=O.NC(=O)NC(N)=O.NC(N)=O.NC(N)=O. The first-order valence-electron chi connectivity index (χ1n) is 3.96. The van der Waals surface area contributed by atoms with Gasteiger partial charge in [0.25, 0.3) is 0 Å². The summed E-state index contributed by atoms with van der Waals surface area (Å²) in [6.45, 7) is 0. The lowest BCUT2D eigenvalue weighted by Gasteiger charge is -1.88. The van der Waals surface area contributed by atoms with Crippen LogP contribution >= 0.6 is 0 Å². The molecule has 0 rings (SSSR count). The van der Waals surface area contributed by atoms with Crippen LogP contribution in [0.25, 0.3) is 0 Å². The van der Waals surface area contributed by atoms with Crippen LogP contribution in [0.3, 0.4) is 0 Å². The van der Waals surface area contributed by atoms with Crippen molar-refractivity contribution in [2.75, 3.05) is 0 Å². The second kappa shape index (κ2) is 36.0. The normalized spacial score (nSPS) is 5.27. The summed E-state index contributed by atoms with van der Waals surface area (Å²) in [4.78, 5) is 53.9. The van der Waals surface area contributed by atoms with E-state index in [2.05, 4.69) is 34.4 Å². The van der Waals surface area contributed by atoms with Gasteiger partial charge in [-0.3, -0.25) is 5.32 Å². The Bertz CT molecular complexity index is 339. The summed E-state index contributed by atoms with van der Waals surface area (Å²) in [5, 5.41) is 12.4. The number of amides is 8. The lowest BCUT2D eigenvalue weighted by Crippen LogP contribution is -2.38. The van der Waals surface area contributed by atoms with Crippen LogP contribution in [-0.2, 0) is 9.59 Å². The fourth-order valence-corrected chi connectivity index (χ4v) is 0.121. The second-order valence-electron chi connectivity index (χ2n) is 1.86. The molecule has 0 aromatic heterocycles. The summed E-state index contributed by atoms with van der Waals surface area (Å²) in [5.74, 6) is 0. The van der Waals surface area contributed by atoms with E-state index < -0.39 is 24.1 Å². The summed E-state index contributed by atoms with van der Waals surface area (Å²) >= 11 is 0. The zero-order chi connectivity index (χ0) is 18.4. The van der Waals surface area contributed by atoms with Crippen LogP contribution in [0.15, 0.2) is 0 Å². The lowest BCUT2D eigenvalue weighted by atomic mass is 10.9. The minimum atomic E-state index is -0.938. The molecule has 18 N–H and O–H groups in total. The molecule has 22 heavy (non-hydrogen) atoms. The van der Waals surface area contributed by atoms with E-state index in [9.17, 15) is 9.59 Å². The standard InChI is InChI=1S/C2H5N3O2.2CH4N2O.2CHNO.H3N/c3-1(6)5-2(4)7;2*2-1(3)4;2*2-1-3;/h(H5,3,4,5,6,7);2*(H4,2,3,4);2*2H;1H3. The van der Waals surface area contributed by atoms with Crippen LogP contribution in [0.4, 0.5) is 19.2 Å². The third-order valence-corrected chi connectivity index (χ3v) is 0.246. The average molecular weight is 326 g/mol. The van der Waals surface area contributed by atoms with Crippen molar-refractivity contribution < 1.29 is 28.8 Å². The number of urea groups is 4. The van der Waals surface area contributed by atoms with Crippen LogP contribution in [0.1, 0.15) is 0 Å². The molecule has 0 atom stereocenters. The van der Waals surface area contributed by atoms with Gasteiger partial charge in [0.1, 0.15) is 0 Å². The molecule has 16 nitrogen and oxygen atoms in total. The van der Waals surface area contributed by atoms with Gasteiger partial charge < -0.3 is 40.6 Å². The fraction of sp³-hybridized carbons (Fsp3) is 0. The number of primary amides is 6. The maximum atomic E-state index is 9.62. The Hall–Kier alpha value is -4.00. The molecule has 0 saturated heterocycles. The Morgan fingerprint density at radius 2 is 0.773 bits per heavy atom. The first kappa shape index (κ1) is 36.1. The molecule has 0 aliphatic rings. The first-order valence-corrected chi connectivity index (χ1v) is 3.96. The second-order valence-corrected chi connectivity index (χ2v) is 1.86. The molecule has 0 fully saturated rings. The summed E-state index contributed by atoms with van der Waals surface area (Å²) in [6, 6.07) is -3.54. The van der Waals surface area contributed by atoms with Crippen LogP contribution in [-0.4, -0.2) is 36.3 Å². The number of rotatable bonds is 0. The Balaban J connectivity index is -0.0000000378. The van der Waals surface area contributed by atoms with Crippen molar-refractivity contribution in [3.8, 4) is 0 Å². The van der Waals surface area contributed by atoms with Crippen LogP contribution in [0, 0.1) is 10.8 Å². The summed E-state index contributed by atoms with van der Waals surface area (Å²) in [7, 11) is 0. The lowest BCUT2D eigenvalue weighted by molar-refractivity contribution is 0.236. The smallest absolute Gasteiger partial charge is 0.320 e. The van der Waals surface area contributed by atoms with E-state index in [4.69, 9.17) is 30.0 Å². The molecule has 0 aliphatic carbocycles.